The molecule has 3 N–H and O–H groups in total. The van der Waals surface area contributed by atoms with Crippen molar-refractivity contribution in [3.8, 4) is 0 Å². The smallest absolute Gasteiger partial charge is 0.321 e. The number of carboxylic acid groups (broad SMARTS) is 1. The van der Waals surface area contributed by atoms with Gasteiger partial charge in [0.2, 0.25) is 0 Å². The minimum absolute atomic E-state index is 0.266. The van der Waals surface area contributed by atoms with Gasteiger partial charge in [-0.1, -0.05) is 54.6 Å². The molecule has 0 aliphatic carbocycles. The van der Waals surface area contributed by atoms with E-state index in [0.29, 0.717) is 13.0 Å². The third-order valence-corrected chi connectivity index (χ3v) is 4.36. The first-order valence-corrected chi connectivity index (χ1v) is 8.02. The van der Waals surface area contributed by atoms with Crippen molar-refractivity contribution in [2.24, 2.45) is 0 Å². The highest BCUT2D eigenvalue weighted by molar-refractivity contribution is 5.73. The number of hydrogen-bond donors (Lipinski definition) is 3. The van der Waals surface area contributed by atoms with E-state index in [9.17, 15) is 9.90 Å². The normalized spacial score (nSPS) is 18.2. The van der Waals surface area contributed by atoms with Crippen molar-refractivity contribution in [1.29, 1.82) is 0 Å². The van der Waals surface area contributed by atoms with E-state index in [-0.39, 0.29) is 6.04 Å². The van der Waals surface area contributed by atoms with Gasteiger partial charge in [-0.15, -0.1) is 0 Å². The molecule has 2 unspecified atom stereocenters. The molecule has 0 bridgehead atoms. The predicted molar refractivity (Wildman–Crippen MR) is 90.3 cm³/mol. The monoisotopic (exact) mass is 310 g/mol. The number of carbonyl (C=O) groups is 1. The molecule has 2 aromatic carbocycles. The summed E-state index contributed by atoms with van der Waals surface area (Å²) in [4.78, 5) is 11.5. The second kappa shape index (κ2) is 7.40. The van der Waals surface area contributed by atoms with Crippen molar-refractivity contribution in [2.45, 2.75) is 31.5 Å². The predicted octanol–water partition coefficient (Wildman–Crippen LogP) is 1.99. The van der Waals surface area contributed by atoms with E-state index in [1.807, 2.05) is 30.3 Å². The van der Waals surface area contributed by atoms with Crippen LogP contribution in [0.25, 0.3) is 0 Å². The molecule has 4 heteroatoms. The number of rotatable bonds is 6. The van der Waals surface area contributed by atoms with E-state index in [1.165, 1.54) is 11.1 Å². The van der Waals surface area contributed by atoms with Gasteiger partial charge in [0.15, 0.2) is 0 Å². The first kappa shape index (κ1) is 15.7. The Kier molecular flexibility index (Phi) is 5.05. The maximum atomic E-state index is 11.5. The molecule has 120 valence electrons. The lowest BCUT2D eigenvalue weighted by Gasteiger charge is -2.27. The minimum atomic E-state index is -0.801. The Labute approximate surface area is 136 Å². The van der Waals surface area contributed by atoms with Crippen LogP contribution in [-0.4, -0.2) is 29.7 Å². The minimum Gasteiger partial charge on any atom is -0.480 e. The van der Waals surface area contributed by atoms with Crippen LogP contribution in [0.4, 0.5) is 0 Å². The van der Waals surface area contributed by atoms with Gasteiger partial charge in [0.25, 0.3) is 0 Å². The molecule has 0 saturated carbocycles. The van der Waals surface area contributed by atoms with Crippen molar-refractivity contribution >= 4 is 5.97 Å². The Morgan fingerprint density at radius 3 is 2.57 bits per heavy atom. The van der Waals surface area contributed by atoms with Crippen LogP contribution in [0.1, 0.15) is 16.7 Å². The van der Waals surface area contributed by atoms with Crippen molar-refractivity contribution in [3.63, 3.8) is 0 Å². The summed E-state index contributed by atoms with van der Waals surface area (Å²) in [6, 6.07) is 17.9. The van der Waals surface area contributed by atoms with Gasteiger partial charge in [-0.3, -0.25) is 4.79 Å². The van der Waals surface area contributed by atoms with Crippen LogP contribution in [0, 0.1) is 0 Å². The van der Waals surface area contributed by atoms with Crippen molar-refractivity contribution in [3.05, 3.63) is 71.3 Å². The molecule has 3 rings (SSSR count). The lowest BCUT2D eigenvalue weighted by Crippen LogP contribution is -2.48. The first-order valence-electron chi connectivity index (χ1n) is 8.02. The number of fused-ring (bicyclic) bond motifs is 1. The molecule has 0 radical (unpaired) electrons. The average molecular weight is 310 g/mol. The summed E-state index contributed by atoms with van der Waals surface area (Å²) in [7, 11) is 0. The zero-order chi connectivity index (χ0) is 16.1. The molecule has 2 aromatic rings. The fourth-order valence-corrected chi connectivity index (χ4v) is 3.05. The van der Waals surface area contributed by atoms with Crippen LogP contribution >= 0.6 is 0 Å². The van der Waals surface area contributed by atoms with Crippen molar-refractivity contribution < 1.29 is 9.90 Å². The largest absolute Gasteiger partial charge is 0.480 e. The lowest BCUT2D eigenvalue weighted by molar-refractivity contribution is -0.139. The molecule has 0 aromatic heterocycles. The number of carboxylic acids is 1. The number of hydrogen-bond acceptors (Lipinski definition) is 3. The Hall–Kier alpha value is -2.17. The highest BCUT2D eigenvalue weighted by atomic mass is 16.4. The molecular formula is C19H22N2O2. The topological polar surface area (TPSA) is 61.4 Å². The van der Waals surface area contributed by atoms with Gasteiger partial charge in [0.1, 0.15) is 6.04 Å². The van der Waals surface area contributed by atoms with Crippen LogP contribution in [0.15, 0.2) is 54.6 Å². The third kappa shape index (κ3) is 4.18. The van der Waals surface area contributed by atoms with E-state index in [1.54, 1.807) is 0 Å². The first-order chi connectivity index (χ1) is 11.2. The Bertz CT molecular complexity index is 657. The van der Waals surface area contributed by atoms with E-state index in [2.05, 4.69) is 34.9 Å². The van der Waals surface area contributed by atoms with Gasteiger partial charge in [-0.05, 0) is 29.5 Å². The van der Waals surface area contributed by atoms with Crippen LogP contribution < -0.4 is 10.6 Å². The second-order valence-corrected chi connectivity index (χ2v) is 6.04. The number of nitrogens with one attached hydrogen (secondary N) is 2. The highest BCUT2D eigenvalue weighted by Crippen LogP contribution is 2.16. The fourth-order valence-electron chi connectivity index (χ4n) is 3.05. The molecule has 0 saturated heterocycles. The molecule has 1 heterocycles. The van der Waals surface area contributed by atoms with Crippen molar-refractivity contribution in [1.82, 2.24) is 10.6 Å². The molecule has 0 fully saturated rings. The maximum Gasteiger partial charge on any atom is 0.321 e. The maximum absolute atomic E-state index is 11.5. The van der Waals surface area contributed by atoms with E-state index >= 15 is 0 Å². The zero-order valence-corrected chi connectivity index (χ0v) is 13.0. The van der Waals surface area contributed by atoms with Gasteiger partial charge in [-0.25, -0.2) is 0 Å². The number of aliphatic carboxylic acids is 1. The molecule has 1 aliphatic rings. The summed E-state index contributed by atoms with van der Waals surface area (Å²) >= 11 is 0. The summed E-state index contributed by atoms with van der Waals surface area (Å²) < 4.78 is 0. The SMILES string of the molecule is O=C(O)C(Cc1ccccc1)NCC1Cc2ccccc2CN1. The quantitative estimate of drug-likeness (QED) is 0.763. The Morgan fingerprint density at radius 1 is 1.13 bits per heavy atom. The van der Waals surface area contributed by atoms with Gasteiger partial charge in [0.05, 0.1) is 0 Å². The summed E-state index contributed by atoms with van der Waals surface area (Å²) in [5, 5.41) is 16.1. The molecule has 2 atom stereocenters. The Balaban J connectivity index is 1.56. The summed E-state index contributed by atoms with van der Waals surface area (Å²) in [5.41, 5.74) is 3.73. The van der Waals surface area contributed by atoms with E-state index < -0.39 is 12.0 Å². The molecule has 0 spiro atoms. The third-order valence-electron chi connectivity index (χ3n) is 4.36. The van der Waals surface area contributed by atoms with Crippen LogP contribution in [0.5, 0.6) is 0 Å². The summed E-state index contributed by atoms with van der Waals surface area (Å²) in [6.45, 7) is 1.50. The van der Waals surface area contributed by atoms with Gasteiger partial charge < -0.3 is 15.7 Å². The van der Waals surface area contributed by atoms with Gasteiger partial charge >= 0.3 is 5.97 Å². The second-order valence-electron chi connectivity index (χ2n) is 6.04. The summed E-state index contributed by atoms with van der Waals surface area (Å²) in [6.07, 6.45) is 1.43. The molecule has 1 aliphatic heterocycles. The highest BCUT2D eigenvalue weighted by Gasteiger charge is 2.22. The average Bonchev–Trinajstić information content (AvgIpc) is 2.59. The molecule has 4 nitrogen and oxygen atoms in total. The zero-order valence-electron chi connectivity index (χ0n) is 13.0. The Morgan fingerprint density at radius 2 is 1.83 bits per heavy atom. The van der Waals surface area contributed by atoms with E-state index in [4.69, 9.17) is 0 Å². The summed E-state index contributed by atoms with van der Waals surface area (Å²) in [5.74, 6) is -0.801. The lowest BCUT2D eigenvalue weighted by atomic mass is 9.95. The van der Waals surface area contributed by atoms with Crippen molar-refractivity contribution in [2.75, 3.05) is 6.54 Å². The number of benzene rings is 2. The van der Waals surface area contributed by atoms with Gasteiger partial charge in [0, 0.05) is 19.1 Å². The van der Waals surface area contributed by atoms with Crippen LogP contribution in [0.3, 0.4) is 0 Å². The van der Waals surface area contributed by atoms with Crippen LogP contribution in [-0.2, 0) is 24.2 Å². The van der Waals surface area contributed by atoms with E-state index in [0.717, 1.165) is 18.5 Å². The molecular weight excluding hydrogens is 288 g/mol. The molecule has 0 amide bonds. The fraction of sp³-hybridized carbons (Fsp3) is 0.316. The van der Waals surface area contributed by atoms with Gasteiger partial charge in [-0.2, -0.15) is 0 Å². The van der Waals surface area contributed by atoms with Crippen LogP contribution in [0.2, 0.25) is 0 Å². The standard InChI is InChI=1S/C19H22N2O2/c22-19(23)18(10-14-6-2-1-3-7-14)21-13-17-11-15-8-4-5-9-16(15)12-20-17/h1-9,17-18,20-21H,10-13H2,(H,22,23). The molecule has 23 heavy (non-hydrogen) atoms.